The van der Waals surface area contributed by atoms with Gasteiger partial charge in [0.2, 0.25) is 0 Å². The van der Waals surface area contributed by atoms with Crippen molar-refractivity contribution < 1.29 is 0 Å². The topological polar surface area (TPSA) is 0 Å². The van der Waals surface area contributed by atoms with Crippen molar-refractivity contribution in [1.29, 1.82) is 0 Å². The van der Waals surface area contributed by atoms with E-state index in [-0.39, 0.29) is 0 Å². The molecule has 0 heteroatoms. The third-order valence-corrected chi connectivity index (χ3v) is 11.8. The number of hydrogen-bond acceptors (Lipinski definition) is 0. The summed E-state index contributed by atoms with van der Waals surface area (Å²) in [4.78, 5) is 0. The number of rotatable bonds is 4. The zero-order valence-electron chi connectivity index (χ0n) is 20.8. The monoisotopic (exact) mass is 448 g/mol. The highest BCUT2D eigenvalue weighted by Gasteiger charge is 2.52. The summed E-state index contributed by atoms with van der Waals surface area (Å²) in [6.07, 6.45) is 17.8. The van der Waals surface area contributed by atoms with Gasteiger partial charge in [0.15, 0.2) is 0 Å². The molecule has 8 bridgehead atoms. The first-order valence-electron chi connectivity index (χ1n) is 14.5. The second-order valence-corrected chi connectivity index (χ2v) is 14.0. The Morgan fingerprint density at radius 1 is 0.471 bits per heavy atom. The van der Waals surface area contributed by atoms with E-state index in [0.29, 0.717) is 10.8 Å². The molecule has 8 aliphatic carbocycles. The summed E-state index contributed by atoms with van der Waals surface area (Å²) < 4.78 is 0. The zero-order valence-corrected chi connectivity index (χ0v) is 20.8. The first-order chi connectivity index (χ1) is 16.6. The summed E-state index contributed by atoms with van der Waals surface area (Å²) in [7, 11) is 0. The Bertz CT molecular complexity index is 954. The molecule has 0 spiro atoms. The fraction of sp³-hybridized carbons (Fsp3) is 0.588. The van der Waals surface area contributed by atoms with Crippen molar-refractivity contribution in [2.45, 2.75) is 87.9 Å². The fourth-order valence-corrected chi connectivity index (χ4v) is 11.1. The van der Waals surface area contributed by atoms with Crippen LogP contribution in [0.4, 0.5) is 0 Å². The molecule has 0 nitrogen and oxygen atoms in total. The van der Waals surface area contributed by atoms with E-state index in [1.165, 1.54) is 93.7 Å². The van der Waals surface area contributed by atoms with Gasteiger partial charge in [0.05, 0.1) is 0 Å². The highest BCUT2D eigenvalue weighted by Crippen LogP contribution is 2.62. The van der Waals surface area contributed by atoms with E-state index < -0.39 is 0 Å². The second kappa shape index (κ2) is 7.11. The Morgan fingerprint density at radius 3 is 1.00 bits per heavy atom. The predicted octanol–water partition coefficient (Wildman–Crippen LogP) is 8.68. The lowest BCUT2D eigenvalue weighted by molar-refractivity contribution is -0.00530. The lowest BCUT2D eigenvalue weighted by atomic mass is 9.48. The van der Waals surface area contributed by atoms with E-state index >= 15 is 0 Å². The molecule has 34 heavy (non-hydrogen) atoms. The van der Waals surface area contributed by atoms with Gasteiger partial charge in [0.25, 0.3) is 0 Å². The van der Waals surface area contributed by atoms with Crippen molar-refractivity contribution in [3.63, 3.8) is 0 Å². The Hall–Kier alpha value is -1.82. The minimum Gasteiger partial charge on any atom is -0.0906 e. The van der Waals surface area contributed by atoms with E-state index in [4.69, 9.17) is 0 Å². The molecule has 0 heterocycles. The highest BCUT2D eigenvalue weighted by atomic mass is 14.6. The minimum atomic E-state index is 0.494. The summed E-state index contributed by atoms with van der Waals surface area (Å²) in [6, 6.07) is 19.4. The third kappa shape index (κ3) is 3.02. The van der Waals surface area contributed by atoms with Crippen LogP contribution in [0.1, 0.15) is 99.3 Å². The largest absolute Gasteiger partial charge is 0.0906 e. The Morgan fingerprint density at radius 2 is 0.735 bits per heavy atom. The second-order valence-electron chi connectivity index (χ2n) is 14.0. The van der Waals surface area contributed by atoms with Crippen LogP contribution < -0.4 is 0 Å². The molecule has 0 amide bonds. The van der Waals surface area contributed by atoms with Crippen LogP contribution in [0.3, 0.4) is 0 Å². The number of hydrogen-bond donors (Lipinski definition) is 0. The van der Waals surface area contributed by atoms with Gasteiger partial charge in [-0.15, -0.1) is 0 Å². The molecule has 0 unspecified atom stereocenters. The molecule has 0 aliphatic heterocycles. The van der Waals surface area contributed by atoms with Crippen LogP contribution in [0.15, 0.2) is 55.1 Å². The molecule has 176 valence electrons. The van der Waals surface area contributed by atoms with E-state index in [1.807, 2.05) is 0 Å². The lowest BCUT2D eigenvalue weighted by Gasteiger charge is -2.57. The molecule has 0 aromatic heterocycles. The molecule has 8 fully saturated rings. The third-order valence-electron chi connectivity index (χ3n) is 11.8. The normalized spacial score (nSPS) is 43.4. The summed E-state index contributed by atoms with van der Waals surface area (Å²) in [5.41, 5.74) is 8.03. The quantitative estimate of drug-likeness (QED) is 0.439. The van der Waals surface area contributed by atoms with Gasteiger partial charge in [-0.2, -0.15) is 0 Å². The van der Waals surface area contributed by atoms with Gasteiger partial charge in [-0.05, 0) is 151 Å². The van der Waals surface area contributed by atoms with Crippen LogP contribution in [0.25, 0.3) is 5.57 Å². The molecule has 2 aromatic rings. The van der Waals surface area contributed by atoms with E-state index in [1.54, 1.807) is 11.1 Å². The summed E-state index contributed by atoms with van der Waals surface area (Å²) >= 11 is 0. The van der Waals surface area contributed by atoms with Crippen LogP contribution in [-0.2, 0) is 10.8 Å². The maximum Gasteiger partial charge on any atom is -0.00391 e. The Kier molecular flexibility index (Phi) is 4.26. The molecule has 8 aliphatic rings. The van der Waals surface area contributed by atoms with Crippen LogP contribution >= 0.6 is 0 Å². The Labute approximate surface area is 206 Å². The lowest BCUT2D eigenvalue weighted by Crippen LogP contribution is -2.48. The van der Waals surface area contributed by atoms with Crippen molar-refractivity contribution >= 4 is 5.57 Å². The van der Waals surface area contributed by atoms with Crippen LogP contribution in [0, 0.1) is 35.5 Å². The smallest absolute Gasteiger partial charge is 0.00391 e. The highest BCUT2D eigenvalue weighted by molar-refractivity contribution is 5.78. The van der Waals surface area contributed by atoms with Gasteiger partial charge < -0.3 is 0 Å². The zero-order chi connectivity index (χ0) is 22.5. The SMILES string of the molecule is C=C(c1ccc(C23CC4CC(CC(C4)C2)C3)cc1)c1ccc(C23CC4CC(CC(C4)C2)C3)cc1. The first-order valence-corrected chi connectivity index (χ1v) is 14.5. The van der Waals surface area contributed by atoms with Gasteiger partial charge in [0, 0.05) is 0 Å². The van der Waals surface area contributed by atoms with Gasteiger partial charge in [-0.3, -0.25) is 0 Å². The van der Waals surface area contributed by atoms with Gasteiger partial charge in [-0.1, -0.05) is 55.1 Å². The summed E-state index contributed by atoms with van der Waals surface area (Å²) in [6.45, 7) is 4.54. The number of benzene rings is 2. The molecule has 0 atom stereocenters. The van der Waals surface area contributed by atoms with Crippen molar-refractivity contribution in [1.82, 2.24) is 0 Å². The minimum absolute atomic E-state index is 0.494. The van der Waals surface area contributed by atoms with Gasteiger partial charge in [0.1, 0.15) is 0 Å². The predicted molar refractivity (Wildman–Crippen MR) is 141 cm³/mol. The molecular weight excluding hydrogens is 408 g/mol. The van der Waals surface area contributed by atoms with Crippen molar-refractivity contribution in [2.75, 3.05) is 0 Å². The van der Waals surface area contributed by atoms with Crippen molar-refractivity contribution in [2.24, 2.45) is 35.5 Å². The van der Waals surface area contributed by atoms with E-state index in [0.717, 1.165) is 35.5 Å². The van der Waals surface area contributed by atoms with Crippen LogP contribution in [-0.4, -0.2) is 0 Å². The molecule has 10 rings (SSSR count). The molecule has 2 aromatic carbocycles. The fourth-order valence-electron chi connectivity index (χ4n) is 11.1. The summed E-state index contributed by atoms with van der Waals surface area (Å²) in [5.74, 6) is 6.05. The van der Waals surface area contributed by atoms with Crippen LogP contribution in [0.2, 0.25) is 0 Å². The maximum atomic E-state index is 4.54. The van der Waals surface area contributed by atoms with Gasteiger partial charge >= 0.3 is 0 Å². The van der Waals surface area contributed by atoms with E-state index in [9.17, 15) is 0 Å². The van der Waals surface area contributed by atoms with Crippen molar-refractivity contribution in [3.05, 3.63) is 77.4 Å². The summed E-state index contributed by atoms with van der Waals surface area (Å²) in [5, 5.41) is 0. The average molecular weight is 449 g/mol. The van der Waals surface area contributed by atoms with Gasteiger partial charge in [-0.25, -0.2) is 0 Å². The standard InChI is InChI=1S/C34H40/c1-22(29-2-6-31(7-3-29)33-16-23-10-24(17-33)12-25(11-23)18-33)30-4-8-32(9-5-30)34-19-26-13-27(20-34)15-28(14-26)21-34/h2-9,23-28H,1,10-21H2. The first kappa shape index (κ1) is 20.4. The Balaban J connectivity index is 1.03. The molecule has 0 N–H and O–H groups in total. The molecule has 0 radical (unpaired) electrons. The maximum absolute atomic E-state index is 4.54. The molecular formula is C34H40. The molecule has 0 saturated heterocycles. The average Bonchev–Trinajstić information content (AvgIpc) is 2.82. The van der Waals surface area contributed by atoms with Crippen LogP contribution in [0.5, 0.6) is 0 Å². The van der Waals surface area contributed by atoms with E-state index in [2.05, 4.69) is 55.1 Å². The molecule has 8 saturated carbocycles. The van der Waals surface area contributed by atoms with Crippen molar-refractivity contribution in [3.8, 4) is 0 Å².